The maximum absolute atomic E-state index is 5.97. The lowest BCUT2D eigenvalue weighted by molar-refractivity contribution is 0.197. The van der Waals surface area contributed by atoms with Crippen LogP contribution in [0.5, 0.6) is 5.88 Å². The van der Waals surface area contributed by atoms with Gasteiger partial charge in [-0.3, -0.25) is 4.90 Å². The number of piperazine rings is 1. The minimum Gasteiger partial charge on any atom is -0.481 e. The van der Waals surface area contributed by atoms with Gasteiger partial charge in [-0.2, -0.15) is 4.98 Å². The molecule has 1 atom stereocenters. The summed E-state index contributed by atoms with van der Waals surface area (Å²) >= 11 is 5.97. The van der Waals surface area contributed by atoms with Crippen LogP contribution in [-0.4, -0.2) is 48.2 Å². The first kappa shape index (κ1) is 16.0. The first-order valence-corrected chi connectivity index (χ1v) is 8.16. The van der Waals surface area contributed by atoms with Crippen molar-refractivity contribution >= 4 is 17.5 Å². The van der Waals surface area contributed by atoms with Crippen LogP contribution in [0.15, 0.2) is 36.5 Å². The minimum atomic E-state index is 0.376. The van der Waals surface area contributed by atoms with E-state index in [1.165, 1.54) is 5.56 Å². The molecule has 0 bridgehead atoms. The van der Waals surface area contributed by atoms with Gasteiger partial charge >= 0.3 is 0 Å². The average Bonchev–Trinajstić information content (AvgIpc) is 2.62. The van der Waals surface area contributed by atoms with Crippen molar-refractivity contribution in [2.45, 2.75) is 13.0 Å². The largest absolute Gasteiger partial charge is 0.481 e. The smallest absolute Gasteiger partial charge is 0.228 e. The Hall–Kier alpha value is -1.85. The Morgan fingerprint density at radius 2 is 1.78 bits per heavy atom. The van der Waals surface area contributed by atoms with E-state index >= 15 is 0 Å². The maximum Gasteiger partial charge on any atom is 0.228 e. The normalized spacial score (nSPS) is 17.1. The second-order valence-corrected chi connectivity index (χ2v) is 6.09. The van der Waals surface area contributed by atoms with Gasteiger partial charge in [0.05, 0.1) is 7.11 Å². The summed E-state index contributed by atoms with van der Waals surface area (Å²) in [6.45, 7) is 6.01. The van der Waals surface area contributed by atoms with Crippen molar-refractivity contribution in [2.75, 3.05) is 38.2 Å². The van der Waals surface area contributed by atoms with E-state index in [2.05, 4.69) is 38.8 Å². The van der Waals surface area contributed by atoms with Crippen molar-refractivity contribution in [3.63, 3.8) is 0 Å². The summed E-state index contributed by atoms with van der Waals surface area (Å²) in [5.74, 6) is 1.34. The summed E-state index contributed by atoms with van der Waals surface area (Å²) < 4.78 is 5.17. The van der Waals surface area contributed by atoms with Crippen LogP contribution >= 0.6 is 11.6 Å². The number of hydrogen-bond acceptors (Lipinski definition) is 5. The third kappa shape index (κ3) is 3.74. The number of nitrogens with zero attached hydrogens (tertiary/aromatic N) is 4. The van der Waals surface area contributed by atoms with Crippen molar-refractivity contribution in [2.24, 2.45) is 0 Å². The molecule has 0 aliphatic carbocycles. The Morgan fingerprint density at radius 3 is 2.43 bits per heavy atom. The van der Waals surface area contributed by atoms with Crippen LogP contribution in [0.1, 0.15) is 18.5 Å². The molecule has 1 aromatic heterocycles. The summed E-state index contributed by atoms with van der Waals surface area (Å²) in [5, 5.41) is 0.779. The molecule has 0 spiro atoms. The number of anilines is 1. The highest BCUT2D eigenvalue weighted by molar-refractivity contribution is 6.30. The van der Waals surface area contributed by atoms with Gasteiger partial charge in [0.1, 0.15) is 0 Å². The molecule has 3 rings (SSSR count). The standard InChI is InChI=1S/C17H21ClN4O/c1-13(14-3-5-15(18)6-4-14)21-9-11-22(12-10-21)17-19-8-7-16(20-17)23-2/h3-8,13H,9-12H2,1-2H3. The van der Waals surface area contributed by atoms with Gasteiger partial charge in [0.25, 0.3) is 0 Å². The highest BCUT2D eigenvalue weighted by Crippen LogP contribution is 2.24. The highest BCUT2D eigenvalue weighted by atomic mass is 35.5. The van der Waals surface area contributed by atoms with Crippen LogP contribution in [0, 0.1) is 0 Å². The molecule has 6 heteroatoms. The molecule has 5 nitrogen and oxygen atoms in total. The van der Waals surface area contributed by atoms with Crippen molar-refractivity contribution in [3.8, 4) is 5.88 Å². The number of benzene rings is 1. The molecule has 1 aromatic carbocycles. The van der Waals surface area contributed by atoms with Crippen LogP contribution in [0.4, 0.5) is 5.95 Å². The van der Waals surface area contributed by atoms with Crippen molar-refractivity contribution in [1.82, 2.24) is 14.9 Å². The van der Waals surface area contributed by atoms with Gasteiger partial charge < -0.3 is 9.64 Å². The zero-order chi connectivity index (χ0) is 16.2. The number of ether oxygens (including phenoxy) is 1. The van der Waals surface area contributed by atoms with E-state index in [1.54, 1.807) is 19.4 Å². The van der Waals surface area contributed by atoms with Crippen LogP contribution in [0.2, 0.25) is 5.02 Å². The number of hydrogen-bond donors (Lipinski definition) is 0. The Labute approximate surface area is 141 Å². The molecule has 1 aliphatic rings. The van der Waals surface area contributed by atoms with E-state index in [1.807, 2.05) is 12.1 Å². The fourth-order valence-corrected chi connectivity index (χ4v) is 2.99. The van der Waals surface area contributed by atoms with Crippen molar-refractivity contribution in [1.29, 1.82) is 0 Å². The monoisotopic (exact) mass is 332 g/mol. The molecule has 2 heterocycles. The third-order valence-corrected chi connectivity index (χ3v) is 4.58. The average molecular weight is 333 g/mol. The minimum absolute atomic E-state index is 0.376. The Balaban J connectivity index is 1.62. The van der Waals surface area contributed by atoms with E-state index in [0.29, 0.717) is 11.9 Å². The predicted molar refractivity (Wildman–Crippen MR) is 92.2 cm³/mol. The molecule has 1 unspecified atom stereocenters. The highest BCUT2D eigenvalue weighted by Gasteiger charge is 2.23. The third-order valence-electron chi connectivity index (χ3n) is 4.32. The molecular formula is C17H21ClN4O. The zero-order valence-electron chi connectivity index (χ0n) is 13.4. The summed E-state index contributed by atoms with van der Waals surface area (Å²) in [7, 11) is 1.62. The topological polar surface area (TPSA) is 41.5 Å². The quantitative estimate of drug-likeness (QED) is 0.861. The summed E-state index contributed by atoms with van der Waals surface area (Å²) in [6, 6.07) is 10.2. The van der Waals surface area contributed by atoms with Crippen LogP contribution in [0.3, 0.4) is 0 Å². The Bertz CT molecular complexity index is 641. The number of rotatable bonds is 4. The summed E-state index contributed by atoms with van der Waals surface area (Å²) in [6.07, 6.45) is 1.74. The van der Waals surface area contributed by atoms with Gasteiger partial charge in [-0.05, 0) is 24.6 Å². The number of aromatic nitrogens is 2. The molecule has 0 radical (unpaired) electrons. The number of halogens is 1. The first-order chi connectivity index (χ1) is 11.2. The van der Waals surface area contributed by atoms with Gasteiger partial charge in [0, 0.05) is 49.5 Å². The Kier molecular flexibility index (Phi) is 4.98. The van der Waals surface area contributed by atoms with Gasteiger partial charge in [-0.15, -0.1) is 0 Å². The number of methoxy groups -OCH3 is 1. The van der Waals surface area contributed by atoms with Crippen LogP contribution < -0.4 is 9.64 Å². The lowest BCUT2D eigenvalue weighted by Gasteiger charge is -2.38. The van der Waals surface area contributed by atoms with Crippen LogP contribution in [-0.2, 0) is 0 Å². The molecule has 0 N–H and O–H groups in total. The van der Waals surface area contributed by atoms with E-state index in [4.69, 9.17) is 16.3 Å². The second-order valence-electron chi connectivity index (χ2n) is 5.65. The van der Waals surface area contributed by atoms with E-state index < -0.39 is 0 Å². The molecular weight excluding hydrogens is 312 g/mol. The molecule has 2 aromatic rings. The van der Waals surface area contributed by atoms with Gasteiger partial charge in [0.15, 0.2) is 0 Å². The predicted octanol–water partition coefficient (Wildman–Crippen LogP) is 3.02. The van der Waals surface area contributed by atoms with E-state index in [0.717, 1.165) is 37.1 Å². The molecule has 0 amide bonds. The second kappa shape index (κ2) is 7.15. The van der Waals surface area contributed by atoms with E-state index in [-0.39, 0.29) is 0 Å². The molecule has 0 saturated carbocycles. The van der Waals surface area contributed by atoms with Crippen LogP contribution in [0.25, 0.3) is 0 Å². The summed E-state index contributed by atoms with van der Waals surface area (Å²) in [5.41, 5.74) is 1.29. The zero-order valence-corrected chi connectivity index (χ0v) is 14.2. The van der Waals surface area contributed by atoms with Gasteiger partial charge in [-0.25, -0.2) is 4.98 Å². The fourth-order valence-electron chi connectivity index (χ4n) is 2.86. The molecule has 1 aliphatic heterocycles. The first-order valence-electron chi connectivity index (χ1n) is 7.79. The van der Waals surface area contributed by atoms with Gasteiger partial charge in [-0.1, -0.05) is 23.7 Å². The SMILES string of the molecule is COc1ccnc(N2CCN(C(C)c3ccc(Cl)cc3)CC2)n1. The van der Waals surface area contributed by atoms with E-state index in [9.17, 15) is 0 Å². The van der Waals surface area contributed by atoms with Crippen molar-refractivity contribution in [3.05, 3.63) is 47.1 Å². The summed E-state index contributed by atoms with van der Waals surface area (Å²) in [4.78, 5) is 13.4. The lowest BCUT2D eigenvalue weighted by atomic mass is 10.1. The molecule has 122 valence electrons. The maximum atomic E-state index is 5.97. The van der Waals surface area contributed by atoms with Crippen molar-refractivity contribution < 1.29 is 4.74 Å². The molecule has 1 saturated heterocycles. The van der Waals surface area contributed by atoms with Gasteiger partial charge in [0.2, 0.25) is 11.8 Å². The lowest BCUT2D eigenvalue weighted by Crippen LogP contribution is -2.47. The fraction of sp³-hybridized carbons (Fsp3) is 0.412. The molecule has 23 heavy (non-hydrogen) atoms. The Morgan fingerprint density at radius 1 is 1.09 bits per heavy atom. The molecule has 1 fully saturated rings.